The lowest BCUT2D eigenvalue weighted by molar-refractivity contribution is -0.151. The summed E-state index contributed by atoms with van der Waals surface area (Å²) in [6.45, 7) is 0. The Hall–Kier alpha value is -2.60. The van der Waals surface area contributed by atoms with Crippen LogP contribution in [0.3, 0.4) is 0 Å². The topological polar surface area (TPSA) is 68.0 Å². The minimum atomic E-state index is -5.37. The van der Waals surface area contributed by atoms with E-state index in [4.69, 9.17) is 7.58 Å². The molecular weight excluding hydrogens is 545 g/mol. The second-order valence-corrected chi connectivity index (χ2v) is 7.93. The molecule has 1 fully saturated rings. The standard InChI is InChI=1S/C18H7F12N3O2.Al/c19-15(20,21)9-1-6(2-10(32-9)16(22,23)24)13(34)8(5-31)14(35)7-3-11(17(25,26)27)33-12(4-7)18(28,29)30;/h1-4,8,13-14H;/q-2;+2. The van der Waals surface area contributed by atoms with Crippen LogP contribution in [-0.2, 0) is 32.3 Å². The van der Waals surface area contributed by atoms with Gasteiger partial charge in [0.05, 0.1) is 18.3 Å². The number of rotatable bonds is 2. The normalized spacial score (nSPS) is 21.6. The Labute approximate surface area is 199 Å². The van der Waals surface area contributed by atoms with Crippen molar-refractivity contribution < 1.29 is 60.3 Å². The van der Waals surface area contributed by atoms with E-state index in [1.54, 1.807) is 0 Å². The summed E-state index contributed by atoms with van der Waals surface area (Å²) >= 11 is -1.85. The molecule has 1 aliphatic rings. The molecule has 36 heavy (non-hydrogen) atoms. The maximum Gasteiger partial charge on any atom is 0.669 e. The van der Waals surface area contributed by atoms with E-state index in [9.17, 15) is 57.9 Å². The van der Waals surface area contributed by atoms with Crippen molar-refractivity contribution in [1.82, 2.24) is 9.97 Å². The van der Waals surface area contributed by atoms with Crippen LogP contribution in [0, 0.1) is 17.2 Å². The van der Waals surface area contributed by atoms with Gasteiger partial charge in [0, 0.05) is 0 Å². The lowest BCUT2D eigenvalue weighted by atomic mass is 9.87. The Bertz CT molecular complexity index is 1020. The summed E-state index contributed by atoms with van der Waals surface area (Å²) in [6.07, 6.45) is -25.4. The van der Waals surface area contributed by atoms with E-state index in [-0.39, 0.29) is 24.3 Å². The first-order valence-electron chi connectivity index (χ1n) is 9.17. The first kappa shape index (κ1) is 28.0. The lowest BCUT2D eigenvalue weighted by Crippen LogP contribution is -2.33. The van der Waals surface area contributed by atoms with Crippen LogP contribution in [0.2, 0.25) is 0 Å². The quantitative estimate of drug-likeness (QED) is 0.335. The summed E-state index contributed by atoms with van der Waals surface area (Å²) in [5.74, 6) is -1.96. The number of aromatic nitrogens is 2. The van der Waals surface area contributed by atoms with Gasteiger partial charge >= 0.3 is 40.6 Å². The molecule has 3 rings (SSSR count). The zero-order valence-corrected chi connectivity index (χ0v) is 18.0. The van der Waals surface area contributed by atoms with Crippen LogP contribution in [0.5, 0.6) is 0 Å². The molecule has 2 atom stereocenters. The molecule has 0 aliphatic carbocycles. The molecule has 1 radical (unpaired) electrons. The fourth-order valence-electron chi connectivity index (χ4n) is 3.20. The highest BCUT2D eigenvalue weighted by molar-refractivity contribution is 6.18. The van der Waals surface area contributed by atoms with Crippen molar-refractivity contribution in [3.05, 3.63) is 58.2 Å². The number of nitrogens with zero attached hydrogens (tertiary/aromatic N) is 3. The molecule has 0 spiro atoms. The molecule has 2 aromatic heterocycles. The lowest BCUT2D eigenvalue weighted by Gasteiger charge is -2.36. The van der Waals surface area contributed by atoms with Gasteiger partial charge < -0.3 is 7.58 Å². The molecule has 0 bridgehead atoms. The number of halogens is 12. The van der Waals surface area contributed by atoms with E-state index in [2.05, 4.69) is 9.97 Å². The summed E-state index contributed by atoms with van der Waals surface area (Å²) in [5, 5.41) is 9.55. The molecular formula is C18H7AlF12N3O2. The van der Waals surface area contributed by atoms with Crippen LogP contribution in [-0.4, -0.2) is 25.9 Å². The summed E-state index contributed by atoms with van der Waals surface area (Å²) < 4.78 is 168. The average Bonchev–Trinajstić information content (AvgIpc) is 2.75. The van der Waals surface area contributed by atoms with Crippen molar-refractivity contribution in [3.63, 3.8) is 0 Å². The Kier molecular flexibility index (Phi) is 7.28. The van der Waals surface area contributed by atoms with Gasteiger partial charge in [-0.2, -0.15) is 57.9 Å². The summed E-state index contributed by atoms with van der Waals surface area (Å²) in [7, 11) is 0. The number of hydrogen-bond acceptors (Lipinski definition) is 5. The van der Waals surface area contributed by atoms with Crippen LogP contribution >= 0.6 is 0 Å². The SMILES string of the molecule is N#CC1C(c2cc(C(F)(F)F)nc(C(F)(F)F)c2)[O][Al][O]C1c1cc(C(F)(F)F)nc(C(F)(F)F)c1. The molecule has 0 N–H and O–H groups in total. The van der Waals surface area contributed by atoms with E-state index in [0.717, 1.165) is 0 Å². The Balaban J connectivity index is 2.15. The van der Waals surface area contributed by atoms with Gasteiger partial charge in [0.25, 0.3) is 0 Å². The van der Waals surface area contributed by atoms with Crippen molar-refractivity contribution in [2.45, 2.75) is 36.9 Å². The van der Waals surface area contributed by atoms with Crippen molar-refractivity contribution in [2.75, 3.05) is 0 Å². The van der Waals surface area contributed by atoms with Gasteiger partial charge in [-0.15, -0.1) is 0 Å². The van der Waals surface area contributed by atoms with Gasteiger partial charge in [-0.25, -0.2) is 9.97 Å². The fourth-order valence-corrected chi connectivity index (χ4v) is 4.16. The van der Waals surface area contributed by atoms with Crippen LogP contribution in [0.4, 0.5) is 52.7 Å². The van der Waals surface area contributed by atoms with E-state index in [1.165, 1.54) is 6.07 Å². The van der Waals surface area contributed by atoms with E-state index < -0.39 is 92.6 Å². The number of alkyl halides is 12. The van der Waals surface area contributed by atoms with E-state index in [1.807, 2.05) is 0 Å². The molecule has 0 aromatic carbocycles. The van der Waals surface area contributed by atoms with Crippen molar-refractivity contribution in [3.8, 4) is 6.07 Å². The van der Waals surface area contributed by atoms with Gasteiger partial charge in [0.15, 0.2) is 0 Å². The molecule has 2 aromatic rings. The zero-order valence-electron chi connectivity index (χ0n) is 16.8. The number of nitriles is 1. The maximum atomic E-state index is 13.2. The van der Waals surface area contributed by atoms with Gasteiger partial charge in [-0.3, -0.25) is 0 Å². The molecule has 18 heteroatoms. The predicted octanol–water partition coefficient (Wildman–Crippen LogP) is 6.05. The largest absolute Gasteiger partial charge is 0.669 e. The molecule has 193 valence electrons. The predicted molar refractivity (Wildman–Crippen MR) is 91.0 cm³/mol. The van der Waals surface area contributed by atoms with Gasteiger partial charge in [0.2, 0.25) is 0 Å². The smallest absolute Gasteiger partial charge is 0.477 e. The highest BCUT2D eigenvalue weighted by Gasteiger charge is 2.45. The van der Waals surface area contributed by atoms with Crippen LogP contribution in [0.15, 0.2) is 24.3 Å². The van der Waals surface area contributed by atoms with Gasteiger partial charge in [0.1, 0.15) is 28.7 Å². The van der Waals surface area contributed by atoms with Crippen LogP contribution in [0.1, 0.15) is 46.1 Å². The third-order valence-corrected chi connectivity index (χ3v) is 5.53. The third kappa shape index (κ3) is 6.03. The van der Waals surface area contributed by atoms with Crippen molar-refractivity contribution in [1.29, 1.82) is 5.26 Å². The second-order valence-electron chi connectivity index (χ2n) is 7.20. The molecule has 1 aliphatic heterocycles. The second kappa shape index (κ2) is 9.37. The van der Waals surface area contributed by atoms with Crippen LogP contribution < -0.4 is 0 Å². The summed E-state index contributed by atoms with van der Waals surface area (Å²) in [4.78, 5) is 5.01. The number of pyridine rings is 2. The fraction of sp³-hybridized carbons (Fsp3) is 0.389. The van der Waals surface area contributed by atoms with Crippen molar-refractivity contribution >= 4 is 15.9 Å². The van der Waals surface area contributed by atoms with E-state index in [0.29, 0.717) is 0 Å². The average molecular weight is 552 g/mol. The van der Waals surface area contributed by atoms with Crippen LogP contribution in [0.25, 0.3) is 0 Å². The van der Waals surface area contributed by atoms with Gasteiger partial charge in [-0.05, 0) is 35.4 Å². The Morgan fingerprint density at radius 3 is 1.11 bits per heavy atom. The molecule has 1 saturated heterocycles. The minimum Gasteiger partial charge on any atom is -0.477 e. The molecule has 0 saturated carbocycles. The first-order valence-corrected chi connectivity index (χ1v) is 10.1. The third-order valence-electron chi connectivity index (χ3n) is 4.72. The molecule has 2 unspecified atom stereocenters. The molecule has 5 nitrogen and oxygen atoms in total. The highest BCUT2D eigenvalue weighted by Crippen LogP contribution is 2.45. The zero-order chi connectivity index (χ0) is 27.3. The monoisotopic (exact) mass is 552 g/mol. The highest BCUT2D eigenvalue weighted by atomic mass is 27.2. The minimum absolute atomic E-state index is 0.140. The molecule has 0 amide bonds. The number of hydrogen-bond donors (Lipinski definition) is 0. The Morgan fingerprint density at radius 2 is 0.889 bits per heavy atom. The van der Waals surface area contributed by atoms with Crippen molar-refractivity contribution in [2.24, 2.45) is 5.92 Å². The maximum absolute atomic E-state index is 13.2. The summed E-state index contributed by atoms with van der Waals surface area (Å²) in [5.41, 5.74) is -9.78. The summed E-state index contributed by atoms with van der Waals surface area (Å²) in [6, 6.07) is 1.99. The van der Waals surface area contributed by atoms with Gasteiger partial charge in [-0.1, -0.05) is 0 Å². The van der Waals surface area contributed by atoms with E-state index >= 15 is 0 Å². The molecule has 3 heterocycles. The first-order chi connectivity index (χ1) is 16.3. The Morgan fingerprint density at radius 1 is 0.611 bits per heavy atom.